The average Bonchev–Trinajstić information content (AvgIpc) is 2.96. The van der Waals surface area contributed by atoms with Crippen LogP contribution in [0.2, 0.25) is 0 Å². The molecule has 1 aromatic carbocycles. The van der Waals surface area contributed by atoms with Crippen LogP contribution in [0.1, 0.15) is 24.2 Å². The third-order valence-corrected chi connectivity index (χ3v) is 7.23. The number of carbonyl (C=O) groups excluding carboxylic acids is 1. The van der Waals surface area contributed by atoms with Crippen molar-refractivity contribution in [3.63, 3.8) is 0 Å². The fraction of sp³-hybridized carbons (Fsp3) is 0.500. The van der Waals surface area contributed by atoms with Crippen LogP contribution < -0.4 is 0 Å². The van der Waals surface area contributed by atoms with Gasteiger partial charge in [-0.25, -0.2) is 8.42 Å². The minimum absolute atomic E-state index is 0.0566. The van der Waals surface area contributed by atoms with Crippen LogP contribution in [0.3, 0.4) is 0 Å². The predicted molar refractivity (Wildman–Crippen MR) is 105 cm³/mol. The van der Waals surface area contributed by atoms with Gasteiger partial charge in [0.2, 0.25) is 0 Å². The lowest BCUT2D eigenvalue weighted by Crippen LogP contribution is -2.61. The second-order valence-corrected chi connectivity index (χ2v) is 10.1. The van der Waals surface area contributed by atoms with E-state index >= 15 is 0 Å². The van der Waals surface area contributed by atoms with Crippen molar-refractivity contribution in [2.24, 2.45) is 5.92 Å². The van der Waals surface area contributed by atoms with E-state index in [1.54, 1.807) is 11.1 Å². The highest BCUT2D eigenvalue weighted by Gasteiger charge is 2.48. The summed E-state index contributed by atoms with van der Waals surface area (Å²) in [6.45, 7) is 6.40. The van der Waals surface area contributed by atoms with Crippen LogP contribution in [-0.4, -0.2) is 72.3 Å². The first kappa shape index (κ1) is 18.4. The van der Waals surface area contributed by atoms with Crippen LogP contribution in [0, 0.1) is 5.92 Å². The van der Waals surface area contributed by atoms with E-state index in [9.17, 15) is 13.2 Å². The van der Waals surface area contributed by atoms with E-state index in [0.717, 1.165) is 17.4 Å². The molecule has 0 N–H and O–H groups in total. The molecule has 7 heteroatoms. The first-order valence-electron chi connectivity index (χ1n) is 9.45. The molecule has 4 rings (SSSR count). The van der Waals surface area contributed by atoms with Crippen molar-refractivity contribution in [1.29, 1.82) is 0 Å². The maximum absolute atomic E-state index is 13.4. The summed E-state index contributed by atoms with van der Waals surface area (Å²) in [6, 6.07) is 8.86. The number of aromatic nitrogens is 1. The van der Waals surface area contributed by atoms with E-state index in [4.69, 9.17) is 0 Å². The fourth-order valence-electron chi connectivity index (χ4n) is 4.42. The Morgan fingerprint density at radius 1 is 1.15 bits per heavy atom. The number of piperazine rings is 1. The molecule has 0 saturated carbocycles. The van der Waals surface area contributed by atoms with Crippen molar-refractivity contribution in [2.45, 2.75) is 25.9 Å². The Bertz CT molecular complexity index is 968. The maximum Gasteiger partial charge on any atom is 0.254 e. The Kier molecular flexibility index (Phi) is 4.68. The van der Waals surface area contributed by atoms with Gasteiger partial charge in [0.05, 0.1) is 23.1 Å². The third kappa shape index (κ3) is 3.46. The van der Waals surface area contributed by atoms with Gasteiger partial charge >= 0.3 is 0 Å². The van der Waals surface area contributed by atoms with Gasteiger partial charge in [-0.3, -0.25) is 14.7 Å². The summed E-state index contributed by atoms with van der Waals surface area (Å²) < 4.78 is 24.7. The number of nitrogens with zero attached hydrogens (tertiary/aromatic N) is 3. The van der Waals surface area contributed by atoms with Crippen molar-refractivity contribution in [3.05, 3.63) is 42.1 Å². The van der Waals surface area contributed by atoms with Crippen LogP contribution in [0.4, 0.5) is 0 Å². The molecule has 1 amide bonds. The summed E-state index contributed by atoms with van der Waals surface area (Å²) in [5.41, 5.74) is 1.37. The highest BCUT2D eigenvalue weighted by atomic mass is 32.2. The number of benzene rings is 1. The summed E-state index contributed by atoms with van der Waals surface area (Å²) in [4.78, 5) is 21.8. The Hall–Kier alpha value is -1.99. The second kappa shape index (κ2) is 6.87. The number of sulfone groups is 1. The molecule has 0 bridgehead atoms. The zero-order valence-electron chi connectivity index (χ0n) is 15.7. The minimum atomic E-state index is -3.14. The largest absolute Gasteiger partial charge is 0.332 e. The average molecular weight is 388 g/mol. The maximum atomic E-state index is 13.4. The molecule has 0 unspecified atom stereocenters. The lowest BCUT2D eigenvalue weighted by molar-refractivity contribution is 0.0298. The standard InChI is InChI=1S/C20H25N3O3S/c1-14(2)11-22-9-10-23(19-13-27(25,26)12-18(19)22)20(24)16-5-3-7-17-15(16)6-4-8-21-17/h3-8,14,18-19H,9-13H2,1-2H3/t18-,19+/m0/s1. The quantitative estimate of drug-likeness (QED) is 0.803. The first-order chi connectivity index (χ1) is 12.9. The number of carbonyl (C=O) groups is 1. The van der Waals surface area contributed by atoms with Gasteiger partial charge in [-0.05, 0) is 24.1 Å². The molecule has 3 heterocycles. The van der Waals surface area contributed by atoms with Crippen LogP contribution in [0.25, 0.3) is 10.9 Å². The summed E-state index contributed by atoms with van der Waals surface area (Å²) in [7, 11) is -3.14. The number of hydrogen-bond donors (Lipinski definition) is 0. The highest BCUT2D eigenvalue weighted by Crippen LogP contribution is 2.30. The monoisotopic (exact) mass is 387 g/mol. The second-order valence-electron chi connectivity index (χ2n) is 7.97. The summed E-state index contributed by atoms with van der Waals surface area (Å²) in [5.74, 6) is 0.567. The van der Waals surface area contributed by atoms with E-state index in [-0.39, 0.29) is 29.5 Å². The molecule has 0 radical (unpaired) electrons. The van der Waals surface area contributed by atoms with Gasteiger partial charge in [-0.2, -0.15) is 0 Å². The number of amides is 1. The van der Waals surface area contributed by atoms with Crippen LogP contribution in [-0.2, 0) is 9.84 Å². The molecule has 1 aromatic heterocycles. The number of pyridine rings is 1. The van der Waals surface area contributed by atoms with E-state index in [2.05, 4.69) is 23.7 Å². The van der Waals surface area contributed by atoms with Crippen LogP contribution in [0.5, 0.6) is 0 Å². The Balaban J connectivity index is 1.68. The van der Waals surface area contributed by atoms with Gasteiger partial charge in [0.25, 0.3) is 5.91 Å². The number of rotatable bonds is 3. The topological polar surface area (TPSA) is 70.6 Å². The minimum Gasteiger partial charge on any atom is -0.332 e. The molecule has 144 valence electrons. The van der Waals surface area contributed by atoms with Gasteiger partial charge in [-0.1, -0.05) is 26.0 Å². The molecule has 6 nitrogen and oxygen atoms in total. The van der Waals surface area contributed by atoms with E-state index in [1.807, 2.05) is 30.3 Å². The molecule has 2 saturated heterocycles. The molecular weight excluding hydrogens is 362 g/mol. The Morgan fingerprint density at radius 2 is 1.93 bits per heavy atom. The summed E-state index contributed by atoms with van der Waals surface area (Å²) >= 11 is 0. The van der Waals surface area contributed by atoms with Crippen LogP contribution in [0.15, 0.2) is 36.5 Å². The molecule has 0 spiro atoms. The van der Waals surface area contributed by atoms with Crippen molar-refractivity contribution in [3.8, 4) is 0 Å². The van der Waals surface area contributed by atoms with Crippen molar-refractivity contribution < 1.29 is 13.2 Å². The first-order valence-corrected chi connectivity index (χ1v) is 11.3. The van der Waals surface area contributed by atoms with Crippen LogP contribution >= 0.6 is 0 Å². The van der Waals surface area contributed by atoms with Gasteiger partial charge in [0, 0.05) is 42.8 Å². The van der Waals surface area contributed by atoms with Gasteiger partial charge < -0.3 is 4.90 Å². The normalized spacial score (nSPS) is 25.1. The lowest BCUT2D eigenvalue weighted by atomic mass is 10.00. The molecular formula is C20H25N3O3S. The molecule has 2 atom stereocenters. The van der Waals surface area contributed by atoms with Gasteiger partial charge in [0.1, 0.15) is 0 Å². The molecule has 2 aromatic rings. The van der Waals surface area contributed by atoms with E-state index < -0.39 is 9.84 Å². The number of fused-ring (bicyclic) bond motifs is 2. The molecule has 2 aliphatic heterocycles. The molecule has 2 aliphatic rings. The predicted octanol–water partition coefficient (Wildman–Crippen LogP) is 1.81. The Labute approximate surface area is 160 Å². The summed E-state index contributed by atoms with van der Waals surface area (Å²) in [5, 5.41) is 0.812. The fourth-order valence-corrected chi connectivity index (χ4v) is 6.43. The zero-order chi connectivity index (χ0) is 19.2. The van der Waals surface area contributed by atoms with Gasteiger partial charge in [0.15, 0.2) is 9.84 Å². The number of hydrogen-bond acceptors (Lipinski definition) is 5. The summed E-state index contributed by atoms with van der Waals surface area (Å²) in [6.07, 6.45) is 1.71. The van der Waals surface area contributed by atoms with Crippen molar-refractivity contribution in [2.75, 3.05) is 31.1 Å². The van der Waals surface area contributed by atoms with E-state index in [1.165, 1.54) is 0 Å². The molecule has 27 heavy (non-hydrogen) atoms. The Morgan fingerprint density at radius 3 is 2.70 bits per heavy atom. The van der Waals surface area contributed by atoms with Gasteiger partial charge in [-0.15, -0.1) is 0 Å². The van der Waals surface area contributed by atoms with Crippen molar-refractivity contribution >= 4 is 26.6 Å². The highest BCUT2D eigenvalue weighted by molar-refractivity contribution is 7.91. The van der Waals surface area contributed by atoms with Crippen molar-refractivity contribution in [1.82, 2.24) is 14.8 Å². The zero-order valence-corrected chi connectivity index (χ0v) is 16.5. The SMILES string of the molecule is CC(C)CN1CCN(C(=O)c2cccc3ncccc23)[C@@H]2CS(=O)(=O)C[C@@H]21. The molecule has 2 fully saturated rings. The smallest absolute Gasteiger partial charge is 0.254 e. The lowest BCUT2D eigenvalue weighted by Gasteiger charge is -2.44. The van der Waals surface area contributed by atoms with E-state index in [0.29, 0.717) is 24.6 Å². The third-order valence-electron chi connectivity index (χ3n) is 5.53. The molecule has 0 aliphatic carbocycles.